The second-order valence-corrected chi connectivity index (χ2v) is 8.13. The van der Waals surface area contributed by atoms with Crippen molar-refractivity contribution in [2.24, 2.45) is 0 Å². The van der Waals surface area contributed by atoms with Crippen molar-refractivity contribution < 1.29 is 19.4 Å². The van der Waals surface area contributed by atoms with E-state index in [1.54, 1.807) is 29.2 Å². The molecule has 2 aromatic carbocycles. The van der Waals surface area contributed by atoms with Crippen LogP contribution in [-0.2, 0) is 17.6 Å². The molecule has 0 radical (unpaired) electrons. The van der Waals surface area contributed by atoms with Crippen LogP contribution in [0.1, 0.15) is 31.8 Å². The van der Waals surface area contributed by atoms with Gasteiger partial charge in [-0.2, -0.15) is 0 Å². The van der Waals surface area contributed by atoms with E-state index in [2.05, 4.69) is 34.9 Å². The Balaban J connectivity index is 1.23. The first-order valence-corrected chi connectivity index (χ1v) is 10.8. The summed E-state index contributed by atoms with van der Waals surface area (Å²) in [6, 6.07) is 15.4. The first kappa shape index (κ1) is 21.5. The lowest BCUT2D eigenvalue weighted by Crippen LogP contribution is -2.42. The van der Waals surface area contributed by atoms with E-state index in [0.717, 1.165) is 12.8 Å². The number of aliphatic hydroxyl groups excluding tert-OH is 1. The standard InChI is InChI=1S/C24H29N3O4/c28-22(15-25-21-13-17-4-1-2-5-18(17)14-21)16-26-23(29)19-6-3-7-20(12-19)24(30)27-8-10-31-11-9-27/h1-7,12,21-22,25,28H,8-11,13-16H2,(H,26,29)/t22-/m0/s1. The van der Waals surface area contributed by atoms with Crippen LogP contribution in [0.3, 0.4) is 0 Å². The van der Waals surface area contributed by atoms with Gasteiger partial charge in [-0.25, -0.2) is 0 Å². The lowest BCUT2D eigenvalue weighted by Gasteiger charge is -2.27. The second-order valence-electron chi connectivity index (χ2n) is 8.13. The lowest BCUT2D eigenvalue weighted by atomic mass is 10.1. The van der Waals surface area contributed by atoms with Crippen LogP contribution < -0.4 is 10.6 Å². The van der Waals surface area contributed by atoms with Crippen molar-refractivity contribution in [3.8, 4) is 0 Å². The van der Waals surface area contributed by atoms with Gasteiger partial charge in [-0.05, 0) is 42.2 Å². The molecule has 0 unspecified atom stereocenters. The van der Waals surface area contributed by atoms with Crippen molar-refractivity contribution in [3.63, 3.8) is 0 Å². The van der Waals surface area contributed by atoms with Crippen LogP contribution in [0.25, 0.3) is 0 Å². The molecular formula is C24H29N3O4. The van der Waals surface area contributed by atoms with Gasteiger partial charge in [0.25, 0.3) is 11.8 Å². The summed E-state index contributed by atoms with van der Waals surface area (Å²) in [6.07, 6.45) is 1.23. The fraction of sp³-hybridized carbons (Fsp3) is 0.417. The summed E-state index contributed by atoms with van der Waals surface area (Å²) in [5.41, 5.74) is 3.60. The predicted octanol–water partition coefficient (Wildman–Crippen LogP) is 1.01. The highest BCUT2D eigenvalue weighted by Gasteiger charge is 2.22. The van der Waals surface area contributed by atoms with Gasteiger partial charge in [0.1, 0.15) is 0 Å². The van der Waals surface area contributed by atoms with E-state index in [9.17, 15) is 14.7 Å². The zero-order valence-electron chi connectivity index (χ0n) is 17.5. The van der Waals surface area contributed by atoms with E-state index in [1.165, 1.54) is 11.1 Å². The Morgan fingerprint density at radius 1 is 1.00 bits per heavy atom. The Labute approximate surface area is 182 Å². The molecule has 0 saturated carbocycles. The number of nitrogens with zero attached hydrogens (tertiary/aromatic N) is 1. The molecule has 2 aromatic rings. The molecule has 31 heavy (non-hydrogen) atoms. The highest BCUT2D eigenvalue weighted by Crippen LogP contribution is 2.21. The highest BCUT2D eigenvalue weighted by atomic mass is 16.5. The lowest BCUT2D eigenvalue weighted by molar-refractivity contribution is 0.0303. The number of morpholine rings is 1. The number of hydrogen-bond acceptors (Lipinski definition) is 5. The van der Waals surface area contributed by atoms with Gasteiger partial charge in [-0.1, -0.05) is 30.3 Å². The Morgan fingerprint density at radius 2 is 1.68 bits per heavy atom. The number of nitrogens with one attached hydrogen (secondary N) is 2. The van der Waals surface area contributed by atoms with E-state index in [0.29, 0.717) is 50.0 Å². The van der Waals surface area contributed by atoms with Gasteiger partial charge in [0.15, 0.2) is 0 Å². The Hall–Kier alpha value is -2.74. The Kier molecular flexibility index (Phi) is 6.96. The molecule has 0 aromatic heterocycles. The third-order valence-electron chi connectivity index (χ3n) is 5.86. The van der Waals surface area contributed by atoms with Gasteiger partial charge in [0.2, 0.25) is 0 Å². The van der Waals surface area contributed by atoms with Gasteiger partial charge < -0.3 is 25.4 Å². The average molecular weight is 424 g/mol. The number of hydrogen-bond donors (Lipinski definition) is 3. The number of amides is 2. The molecule has 1 atom stereocenters. The fourth-order valence-corrected chi connectivity index (χ4v) is 4.13. The molecule has 3 N–H and O–H groups in total. The number of carbonyl (C=O) groups excluding carboxylic acids is 2. The molecule has 164 valence electrons. The summed E-state index contributed by atoms with van der Waals surface area (Å²) in [7, 11) is 0. The molecule has 1 fully saturated rings. The van der Waals surface area contributed by atoms with Gasteiger partial charge >= 0.3 is 0 Å². The molecule has 0 bridgehead atoms. The molecule has 4 rings (SSSR count). The quantitative estimate of drug-likeness (QED) is 0.618. The van der Waals surface area contributed by atoms with E-state index in [4.69, 9.17) is 4.74 Å². The van der Waals surface area contributed by atoms with Gasteiger partial charge in [0.05, 0.1) is 19.3 Å². The molecule has 2 aliphatic rings. The summed E-state index contributed by atoms with van der Waals surface area (Å²) in [5.74, 6) is -0.399. The minimum Gasteiger partial charge on any atom is -0.390 e. The van der Waals surface area contributed by atoms with Crippen molar-refractivity contribution in [1.82, 2.24) is 15.5 Å². The predicted molar refractivity (Wildman–Crippen MR) is 117 cm³/mol. The molecule has 2 amide bonds. The van der Waals surface area contributed by atoms with Crippen molar-refractivity contribution in [3.05, 3.63) is 70.8 Å². The first-order valence-electron chi connectivity index (χ1n) is 10.8. The topological polar surface area (TPSA) is 90.9 Å². The Bertz CT molecular complexity index is 902. The molecule has 7 nitrogen and oxygen atoms in total. The number of carbonyl (C=O) groups is 2. The largest absolute Gasteiger partial charge is 0.390 e. The van der Waals surface area contributed by atoms with Crippen molar-refractivity contribution in [2.75, 3.05) is 39.4 Å². The average Bonchev–Trinajstić information content (AvgIpc) is 3.24. The van der Waals surface area contributed by atoms with E-state index >= 15 is 0 Å². The van der Waals surface area contributed by atoms with E-state index < -0.39 is 6.10 Å². The molecule has 1 aliphatic carbocycles. The van der Waals surface area contributed by atoms with E-state index in [1.807, 2.05) is 0 Å². The summed E-state index contributed by atoms with van der Waals surface area (Å²) in [5, 5.41) is 16.4. The number of benzene rings is 2. The molecule has 1 heterocycles. The zero-order chi connectivity index (χ0) is 21.6. The molecule has 1 saturated heterocycles. The van der Waals surface area contributed by atoms with Gasteiger partial charge in [-0.15, -0.1) is 0 Å². The molecule has 1 aliphatic heterocycles. The summed E-state index contributed by atoms with van der Waals surface area (Å²) in [6.45, 7) is 2.73. The van der Waals surface area contributed by atoms with Crippen LogP contribution in [-0.4, -0.2) is 73.4 Å². The van der Waals surface area contributed by atoms with Gasteiger partial charge in [-0.3, -0.25) is 9.59 Å². The van der Waals surface area contributed by atoms with Crippen LogP contribution in [0.4, 0.5) is 0 Å². The van der Waals surface area contributed by atoms with Crippen molar-refractivity contribution in [1.29, 1.82) is 0 Å². The molecule has 0 spiro atoms. The van der Waals surface area contributed by atoms with E-state index in [-0.39, 0.29) is 18.4 Å². The molecular weight excluding hydrogens is 394 g/mol. The Morgan fingerprint density at radius 3 is 2.39 bits per heavy atom. The second kappa shape index (κ2) is 10.0. The van der Waals surface area contributed by atoms with Crippen LogP contribution in [0.5, 0.6) is 0 Å². The SMILES string of the molecule is O=C(NC[C@@H](O)CNC1Cc2ccccc2C1)c1cccc(C(=O)N2CCOCC2)c1. The first-order chi connectivity index (χ1) is 15.1. The summed E-state index contributed by atoms with van der Waals surface area (Å²) < 4.78 is 5.28. The third-order valence-corrected chi connectivity index (χ3v) is 5.86. The van der Waals surface area contributed by atoms with Crippen LogP contribution in [0.2, 0.25) is 0 Å². The summed E-state index contributed by atoms with van der Waals surface area (Å²) >= 11 is 0. The van der Waals surface area contributed by atoms with Crippen molar-refractivity contribution in [2.45, 2.75) is 25.0 Å². The third kappa shape index (κ3) is 5.50. The maximum absolute atomic E-state index is 12.6. The summed E-state index contributed by atoms with van der Waals surface area (Å²) in [4.78, 5) is 26.9. The number of ether oxygens (including phenoxy) is 1. The monoisotopic (exact) mass is 423 g/mol. The number of aliphatic hydroxyl groups is 1. The number of rotatable bonds is 7. The fourth-order valence-electron chi connectivity index (χ4n) is 4.13. The zero-order valence-corrected chi connectivity index (χ0v) is 17.5. The smallest absolute Gasteiger partial charge is 0.254 e. The van der Waals surface area contributed by atoms with Crippen LogP contribution >= 0.6 is 0 Å². The van der Waals surface area contributed by atoms with Crippen molar-refractivity contribution >= 4 is 11.8 Å². The molecule has 7 heteroatoms. The van der Waals surface area contributed by atoms with Crippen LogP contribution in [0, 0.1) is 0 Å². The maximum atomic E-state index is 12.6. The number of fused-ring (bicyclic) bond motifs is 1. The minimum absolute atomic E-state index is 0.0975. The minimum atomic E-state index is -0.689. The van der Waals surface area contributed by atoms with Crippen LogP contribution in [0.15, 0.2) is 48.5 Å². The maximum Gasteiger partial charge on any atom is 0.254 e. The highest BCUT2D eigenvalue weighted by molar-refractivity contribution is 5.99. The normalized spacial score (nSPS) is 17.3. The van der Waals surface area contributed by atoms with Gasteiger partial charge in [0, 0.05) is 43.3 Å².